The molecule has 0 spiro atoms. The van der Waals surface area contributed by atoms with Gasteiger partial charge in [-0.15, -0.1) is 0 Å². The van der Waals surface area contributed by atoms with E-state index < -0.39 is 36.1 Å². The minimum absolute atomic E-state index is 0. The van der Waals surface area contributed by atoms with Crippen LogP contribution in [0.3, 0.4) is 0 Å². The molecular formula is C24H27N5O9. The number of hydrogen-bond donors (Lipinski definition) is 4. The smallest absolute Gasteiger partial charge is 0.415 e. The van der Waals surface area contributed by atoms with E-state index in [2.05, 4.69) is 20.0 Å². The third-order valence-corrected chi connectivity index (χ3v) is 5.29. The number of nitrogens with one attached hydrogen (secondary N) is 1. The van der Waals surface area contributed by atoms with Gasteiger partial charge in [0.1, 0.15) is 5.75 Å². The Morgan fingerprint density at radius 1 is 1.24 bits per heavy atom. The second-order valence-corrected chi connectivity index (χ2v) is 7.78. The Labute approximate surface area is 216 Å². The number of ether oxygens (including phenoxy) is 3. The van der Waals surface area contributed by atoms with E-state index in [-0.39, 0.29) is 38.3 Å². The highest BCUT2D eigenvalue weighted by Gasteiger charge is 2.39. The minimum Gasteiger partial charge on any atom is -0.482 e. The Bertz CT molecular complexity index is 1260. The fourth-order valence-corrected chi connectivity index (χ4v) is 3.56. The van der Waals surface area contributed by atoms with Crippen molar-refractivity contribution in [3.63, 3.8) is 0 Å². The number of carbonyl (C=O) groups is 3. The number of anilines is 2. The molecule has 2 aromatic carbocycles. The lowest BCUT2D eigenvalue weighted by Crippen LogP contribution is -2.55. The number of carbonyl (C=O) groups excluding carboxylic acids is 3. The first kappa shape index (κ1) is 28.0. The zero-order chi connectivity index (χ0) is 26.4. The van der Waals surface area contributed by atoms with E-state index >= 15 is 0 Å². The van der Waals surface area contributed by atoms with Crippen molar-refractivity contribution in [3.05, 3.63) is 48.5 Å². The summed E-state index contributed by atoms with van der Waals surface area (Å²) < 4.78 is 20.2. The first-order valence-corrected chi connectivity index (χ1v) is 11.3. The number of rotatable bonds is 9. The number of nitrogens with zero attached hydrogens (tertiary/aromatic N) is 3. The molecule has 2 heterocycles. The van der Waals surface area contributed by atoms with E-state index in [0.29, 0.717) is 22.7 Å². The Kier molecular flexibility index (Phi) is 9.32. The quantitative estimate of drug-likeness (QED) is 0.289. The van der Waals surface area contributed by atoms with Crippen LogP contribution in [0, 0.1) is 0 Å². The number of benzene rings is 2. The Hall–Kier alpha value is -4.53. The standard InChI is InChI=1S/C24H24N4O9.H3N/c1-2-34-18(29)13-36-17-5-3-4-16(12-17)28-10-11-35-20(23(28)32)19(30)22(31)25-15-8-6-14(7-9-15)21-26-24(33)37-27-21;/h3-9,12,19-20,30H,2,10-11,13H2,1H3,(H,25,31)(H,26,27,33);1H3/t19-,20-;/m1./s1. The maximum atomic E-state index is 13.1. The number of amides is 2. The molecule has 3 aromatic rings. The highest BCUT2D eigenvalue weighted by atomic mass is 16.6. The predicted octanol–water partition coefficient (Wildman–Crippen LogP) is 1.28. The van der Waals surface area contributed by atoms with Gasteiger partial charge in [-0.2, -0.15) is 4.98 Å². The summed E-state index contributed by atoms with van der Waals surface area (Å²) in [5, 5.41) is 25.9. The van der Waals surface area contributed by atoms with Gasteiger partial charge in [-0.05, 0) is 43.3 Å². The predicted molar refractivity (Wildman–Crippen MR) is 132 cm³/mol. The monoisotopic (exact) mass is 529 g/mol. The third-order valence-electron chi connectivity index (χ3n) is 5.29. The van der Waals surface area contributed by atoms with Crippen LogP contribution in [0.5, 0.6) is 11.8 Å². The van der Waals surface area contributed by atoms with Crippen molar-refractivity contribution >= 4 is 29.2 Å². The summed E-state index contributed by atoms with van der Waals surface area (Å²) in [5.41, 5.74) is 1.32. The van der Waals surface area contributed by atoms with Gasteiger partial charge < -0.3 is 40.8 Å². The molecule has 202 valence electrons. The first-order valence-electron chi connectivity index (χ1n) is 11.3. The molecule has 0 aliphatic carbocycles. The van der Waals surface area contributed by atoms with Gasteiger partial charge >= 0.3 is 12.0 Å². The molecule has 38 heavy (non-hydrogen) atoms. The first-order chi connectivity index (χ1) is 17.9. The number of aromatic hydroxyl groups is 1. The van der Waals surface area contributed by atoms with Gasteiger partial charge in [0, 0.05) is 29.5 Å². The zero-order valence-corrected chi connectivity index (χ0v) is 20.4. The van der Waals surface area contributed by atoms with Crippen molar-refractivity contribution in [1.82, 2.24) is 16.3 Å². The molecule has 14 nitrogen and oxygen atoms in total. The molecule has 4 rings (SSSR count). The molecule has 0 radical (unpaired) electrons. The molecule has 0 bridgehead atoms. The summed E-state index contributed by atoms with van der Waals surface area (Å²) in [6, 6.07) is 12.7. The minimum atomic E-state index is -1.78. The van der Waals surface area contributed by atoms with Crippen molar-refractivity contribution in [3.8, 4) is 23.2 Å². The molecule has 1 saturated heterocycles. The zero-order valence-electron chi connectivity index (χ0n) is 20.4. The van der Waals surface area contributed by atoms with Crippen molar-refractivity contribution in [2.24, 2.45) is 0 Å². The summed E-state index contributed by atoms with van der Waals surface area (Å²) in [6.45, 7) is 1.92. The van der Waals surface area contributed by atoms with Crippen LogP contribution in [-0.2, 0) is 23.9 Å². The van der Waals surface area contributed by atoms with E-state index in [1.165, 1.54) is 17.0 Å². The van der Waals surface area contributed by atoms with E-state index in [4.69, 9.17) is 14.2 Å². The SMILES string of the molecule is CCOC(=O)COc1cccc(N2CCO[C@H]([C@@H](O)C(=O)Nc3ccc(-c4noc(O)n4)cc3)C2=O)c1.N. The van der Waals surface area contributed by atoms with Crippen LogP contribution in [0.2, 0.25) is 0 Å². The fraction of sp³-hybridized carbons (Fsp3) is 0.292. The average Bonchev–Trinajstić information content (AvgIpc) is 3.34. The van der Waals surface area contributed by atoms with Crippen molar-refractivity contribution < 1.29 is 43.3 Å². The van der Waals surface area contributed by atoms with Gasteiger partial charge in [0.2, 0.25) is 5.82 Å². The van der Waals surface area contributed by atoms with Crippen LogP contribution in [0.1, 0.15) is 6.92 Å². The Morgan fingerprint density at radius 2 is 2.00 bits per heavy atom. The van der Waals surface area contributed by atoms with Crippen molar-refractivity contribution in [1.29, 1.82) is 0 Å². The number of aliphatic hydroxyl groups is 1. The maximum Gasteiger partial charge on any atom is 0.415 e. The molecule has 1 aromatic heterocycles. The molecule has 1 fully saturated rings. The van der Waals surface area contributed by atoms with Crippen LogP contribution in [0.4, 0.5) is 11.4 Å². The maximum absolute atomic E-state index is 13.1. The molecule has 14 heteroatoms. The topological polar surface area (TPSA) is 209 Å². The lowest BCUT2D eigenvalue weighted by Gasteiger charge is -2.34. The van der Waals surface area contributed by atoms with E-state index in [1.54, 1.807) is 43.3 Å². The van der Waals surface area contributed by atoms with Crippen molar-refractivity contribution in [2.45, 2.75) is 19.1 Å². The third kappa shape index (κ3) is 6.61. The van der Waals surface area contributed by atoms with Gasteiger partial charge in [-0.1, -0.05) is 11.2 Å². The average molecular weight is 530 g/mol. The number of esters is 1. The fourth-order valence-electron chi connectivity index (χ4n) is 3.56. The van der Waals surface area contributed by atoms with Gasteiger partial charge in [-0.25, -0.2) is 4.79 Å². The molecule has 0 saturated carbocycles. The van der Waals surface area contributed by atoms with Gasteiger partial charge in [-0.3, -0.25) is 14.1 Å². The van der Waals surface area contributed by atoms with Crippen LogP contribution in [0.25, 0.3) is 11.4 Å². The highest BCUT2D eigenvalue weighted by molar-refractivity contribution is 6.03. The molecule has 2 amide bonds. The molecule has 6 N–H and O–H groups in total. The summed E-state index contributed by atoms with van der Waals surface area (Å²) in [5.74, 6) is -1.46. The Morgan fingerprint density at radius 3 is 2.68 bits per heavy atom. The largest absolute Gasteiger partial charge is 0.482 e. The van der Waals surface area contributed by atoms with E-state index in [0.717, 1.165) is 0 Å². The summed E-state index contributed by atoms with van der Waals surface area (Å²) >= 11 is 0. The van der Waals surface area contributed by atoms with E-state index in [9.17, 15) is 24.6 Å². The molecule has 1 aliphatic rings. The van der Waals surface area contributed by atoms with Crippen LogP contribution < -0.4 is 21.1 Å². The van der Waals surface area contributed by atoms with Crippen molar-refractivity contribution in [2.75, 3.05) is 36.6 Å². The van der Waals surface area contributed by atoms with Crippen LogP contribution in [0.15, 0.2) is 53.1 Å². The normalized spacial score (nSPS) is 15.8. The molecular weight excluding hydrogens is 502 g/mol. The molecule has 1 aliphatic heterocycles. The summed E-state index contributed by atoms with van der Waals surface area (Å²) in [7, 11) is 0. The van der Waals surface area contributed by atoms with Gasteiger partial charge in [0.15, 0.2) is 18.8 Å². The second kappa shape index (κ2) is 12.6. The summed E-state index contributed by atoms with van der Waals surface area (Å²) in [4.78, 5) is 42.4. The molecule has 0 unspecified atom stereocenters. The highest BCUT2D eigenvalue weighted by Crippen LogP contribution is 2.25. The lowest BCUT2D eigenvalue weighted by atomic mass is 10.1. The second-order valence-electron chi connectivity index (χ2n) is 7.78. The molecule has 2 atom stereocenters. The number of morpholine rings is 1. The van der Waals surface area contributed by atoms with Gasteiger partial charge in [0.05, 0.1) is 13.2 Å². The number of aliphatic hydroxyl groups excluding tert-OH is 1. The van der Waals surface area contributed by atoms with Crippen LogP contribution >= 0.6 is 0 Å². The lowest BCUT2D eigenvalue weighted by molar-refractivity contribution is -0.150. The van der Waals surface area contributed by atoms with E-state index in [1.807, 2.05) is 0 Å². The van der Waals surface area contributed by atoms with Crippen LogP contribution in [-0.4, -0.2) is 76.7 Å². The van der Waals surface area contributed by atoms with Gasteiger partial charge in [0.25, 0.3) is 11.8 Å². The Balaban J connectivity index is 0.00000400. The number of aromatic nitrogens is 2. The summed E-state index contributed by atoms with van der Waals surface area (Å²) in [6.07, 6.45) is -3.79. The number of hydrogen-bond acceptors (Lipinski definition) is 12.